The molecule has 2 aromatic rings. The third kappa shape index (κ3) is 4.41. The van der Waals surface area contributed by atoms with Gasteiger partial charge in [0.15, 0.2) is 6.61 Å². The largest absolute Gasteiger partial charge is 0.459 e. The maximum atomic E-state index is 12.4. The lowest BCUT2D eigenvalue weighted by Crippen LogP contribution is -2.22. The van der Waals surface area contributed by atoms with E-state index in [1.54, 1.807) is 46.3 Å². The number of hydrogen-bond acceptors (Lipinski definition) is 6. The number of amides is 1. The van der Waals surface area contributed by atoms with E-state index in [9.17, 15) is 14.4 Å². The first-order chi connectivity index (χ1) is 13.0. The molecule has 0 aliphatic carbocycles. The zero-order valence-electron chi connectivity index (χ0n) is 17.2. The van der Waals surface area contributed by atoms with Crippen LogP contribution in [0.15, 0.2) is 0 Å². The van der Waals surface area contributed by atoms with Crippen LogP contribution in [-0.4, -0.2) is 45.3 Å². The average molecular weight is 390 g/mol. The second-order valence-electron chi connectivity index (χ2n) is 6.87. The number of aryl methyl sites for hydroxylation is 3. The zero-order chi connectivity index (χ0) is 21.2. The minimum atomic E-state index is -0.723. The van der Waals surface area contributed by atoms with Gasteiger partial charge in [-0.3, -0.25) is 9.48 Å². The Bertz CT molecular complexity index is 923. The lowest BCUT2D eigenvalue weighted by atomic mass is 10.1. The molecule has 2 aromatic heterocycles. The maximum Gasteiger partial charge on any atom is 0.355 e. The zero-order valence-corrected chi connectivity index (χ0v) is 17.2. The molecule has 9 heteroatoms. The molecule has 0 aliphatic rings. The monoisotopic (exact) mass is 390 g/mol. The summed E-state index contributed by atoms with van der Waals surface area (Å²) in [6.45, 7) is 9.92. The summed E-state index contributed by atoms with van der Waals surface area (Å²) in [4.78, 5) is 39.6. The van der Waals surface area contributed by atoms with Gasteiger partial charge in [-0.1, -0.05) is 0 Å². The summed E-state index contributed by atoms with van der Waals surface area (Å²) < 4.78 is 11.9. The Morgan fingerprint density at radius 1 is 1.14 bits per heavy atom. The normalized spacial score (nSPS) is 10.9. The number of carbonyl (C=O) groups is 3. The summed E-state index contributed by atoms with van der Waals surface area (Å²) in [5.74, 6) is -1.72. The molecule has 0 saturated carbocycles. The van der Waals surface area contributed by atoms with E-state index < -0.39 is 24.5 Å². The van der Waals surface area contributed by atoms with Gasteiger partial charge in [-0.2, -0.15) is 5.10 Å². The molecule has 2 N–H and O–H groups in total. The van der Waals surface area contributed by atoms with Crippen LogP contribution in [-0.2, 0) is 21.3 Å². The van der Waals surface area contributed by atoms with Crippen LogP contribution in [0.1, 0.15) is 57.3 Å². The molecule has 1 amide bonds. The summed E-state index contributed by atoms with van der Waals surface area (Å²) in [5, 5.41) is 6.91. The predicted octanol–water partition coefficient (Wildman–Crippen LogP) is 2.34. The van der Waals surface area contributed by atoms with Crippen molar-refractivity contribution >= 4 is 23.5 Å². The minimum absolute atomic E-state index is 0.120. The molecule has 9 nitrogen and oxygen atoms in total. The van der Waals surface area contributed by atoms with Crippen molar-refractivity contribution in [2.45, 2.75) is 47.6 Å². The molecule has 28 heavy (non-hydrogen) atoms. The lowest BCUT2D eigenvalue weighted by Gasteiger charge is -2.08. The van der Waals surface area contributed by atoms with Crippen molar-refractivity contribution < 1.29 is 23.9 Å². The first kappa shape index (κ1) is 21.2. The molecule has 0 aromatic carbocycles. The van der Waals surface area contributed by atoms with Crippen LogP contribution in [0.3, 0.4) is 0 Å². The number of anilines is 1. The van der Waals surface area contributed by atoms with Crippen LogP contribution in [0.2, 0.25) is 0 Å². The molecule has 0 radical (unpaired) electrons. The van der Waals surface area contributed by atoms with Gasteiger partial charge < -0.3 is 19.8 Å². The van der Waals surface area contributed by atoms with Gasteiger partial charge in [0, 0.05) is 12.7 Å². The van der Waals surface area contributed by atoms with E-state index in [2.05, 4.69) is 15.4 Å². The van der Waals surface area contributed by atoms with Crippen molar-refractivity contribution in [3.05, 3.63) is 33.9 Å². The van der Waals surface area contributed by atoms with Gasteiger partial charge in [-0.05, 0) is 47.1 Å². The van der Waals surface area contributed by atoms with Crippen molar-refractivity contribution in [1.82, 2.24) is 14.8 Å². The fraction of sp³-hybridized carbons (Fsp3) is 0.474. The number of H-pyrrole nitrogens is 1. The average Bonchev–Trinajstić information content (AvgIpc) is 3.02. The highest BCUT2D eigenvalue weighted by Crippen LogP contribution is 2.21. The molecular weight excluding hydrogens is 364 g/mol. The van der Waals surface area contributed by atoms with E-state index >= 15 is 0 Å². The third-order valence-corrected chi connectivity index (χ3v) is 4.30. The molecule has 0 spiro atoms. The summed E-state index contributed by atoms with van der Waals surface area (Å²) in [6.07, 6.45) is -0.278. The van der Waals surface area contributed by atoms with Crippen molar-refractivity contribution in [1.29, 1.82) is 0 Å². The number of nitrogens with zero attached hydrogens (tertiary/aromatic N) is 2. The highest BCUT2D eigenvalue weighted by Gasteiger charge is 2.25. The number of aromatic nitrogens is 3. The van der Waals surface area contributed by atoms with Crippen molar-refractivity contribution in [3.8, 4) is 0 Å². The molecule has 2 heterocycles. The number of hydrogen-bond donors (Lipinski definition) is 2. The van der Waals surface area contributed by atoms with Crippen LogP contribution >= 0.6 is 0 Å². The Hall–Kier alpha value is -3.10. The number of nitrogens with one attached hydrogen (secondary N) is 2. The standard InChI is InChI=1S/C19H26N4O5/c1-9(2)28-18(25)15-10(3)16(20-11(15)4)19(26)27-8-14(24)21-17-12(5)22-23(7)13(17)6/h9,20H,8H2,1-7H3,(H,21,24). The van der Waals surface area contributed by atoms with Gasteiger partial charge >= 0.3 is 11.9 Å². The molecule has 0 fully saturated rings. The van der Waals surface area contributed by atoms with Crippen molar-refractivity contribution in [2.75, 3.05) is 11.9 Å². The first-order valence-electron chi connectivity index (χ1n) is 8.90. The Balaban J connectivity index is 2.05. The Kier molecular flexibility index (Phi) is 6.27. The quantitative estimate of drug-likeness (QED) is 0.732. The molecule has 0 atom stereocenters. The number of esters is 2. The Morgan fingerprint density at radius 2 is 1.79 bits per heavy atom. The topological polar surface area (TPSA) is 115 Å². The molecule has 0 unspecified atom stereocenters. The summed E-state index contributed by atoms with van der Waals surface area (Å²) >= 11 is 0. The van der Waals surface area contributed by atoms with Gasteiger partial charge in [0.25, 0.3) is 5.91 Å². The van der Waals surface area contributed by atoms with Crippen molar-refractivity contribution in [2.24, 2.45) is 7.05 Å². The van der Waals surface area contributed by atoms with Gasteiger partial charge in [0.05, 0.1) is 28.7 Å². The second kappa shape index (κ2) is 8.28. The predicted molar refractivity (Wildman–Crippen MR) is 102 cm³/mol. The van der Waals surface area contributed by atoms with E-state index in [4.69, 9.17) is 9.47 Å². The summed E-state index contributed by atoms with van der Waals surface area (Å²) in [6, 6.07) is 0. The number of aromatic amines is 1. The first-order valence-corrected chi connectivity index (χ1v) is 8.90. The van der Waals surface area contributed by atoms with Crippen LogP contribution < -0.4 is 5.32 Å². The van der Waals surface area contributed by atoms with Gasteiger partial charge in [-0.15, -0.1) is 0 Å². The fourth-order valence-electron chi connectivity index (χ4n) is 2.87. The van der Waals surface area contributed by atoms with Gasteiger partial charge in [0.1, 0.15) is 5.69 Å². The maximum absolute atomic E-state index is 12.4. The lowest BCUT2D eigenvalue weighted by molar-refractivity contribution is -0.119. The van der Waals surface area contributed by atoms with Gasteiger partial charge in [0.2, 0.25) is 0 Å². The third-order valence-electron chi connectivity index (χ3n) is 4.30. The van der Waals surface area contributed by atoms with Gasteiger partial charge in [-0.25, -0.2) is 9.59 Å². The highest BCUT2D eigenvalue weighted by atomic mass is 16.5. The van der Waals surface area contributed by atoms with E-state index in [1.807, 2.05) is 6.92 Å². The van der Waals surface area contributed by atoms with E-state index in [0.717, 1.165) is 5.69 Å². The minimum Gasteiger partial charge on any atom is -0.459 e. The van der Waals surface area contributed by atoms with E-state index in [1.165, 1.54) is 0 Å². The number of carbonyl (C=O) groups excluding carboxylic acids is 3. The SMILES string of the molecule is Cc1nn(C)c(C)c1NC(=O)COC(=O)c1[nH]c(C)c(C(=O)OC(C)C)c1C. The van der Waals surface area contributed by atoms with E-state index in [-0.39, 0.29) is 11.8 Å². The Morgan fingerprint density at radius 3 is 2.32 bits per heavy atom. The molecule has 152 valence electrons. The van der Waals surface area contributed by atoms with Crippen LogP contribution in [0.25, 0.3) is 0 Å². The highest BCUT2D eigenvalue weighted by molar-refractivity contribution is 6.00. The van der Waals surface area contributed by atoms with Crippen LogP contribution in [0.5, 0.6) is 0 Å². The number of ether oxygens (including phenoxy) is 2. The smallest absolute Gasteiger partial charge is 0.355 e. The van der Waals surface area contributed by atoms with E-state index in [0.29, 0.717) is 28.2 Å². The second-order valence-corrected chi connectivity index (χ2v) is 6.87. The van der Waals surface area contributed by atoms with Crippen LogP contribution in [0, 0.1) is 27.7 Å². The number of rotatable bonds is 6. The van der Waals surface area contributed by atoms with Crippen LogP contribution in [0.4, 0.5) is 5.69 Å². The summed E-state index contributed by atoms with van der Waals surface area (Å²) in [5.41, 5.74) is 3.40. The summed E-state index contributed by atoms with van der Waals surface area (Å²) in [7, 11) is 1.77. The Labute approximate surface area is 163 Å². The molecule has 0 aliphatic heterocycles. The molecule has 2 rings (SSSR count). The molecule has 0 bridgehead atoms. The fourth-order valence-corrected chi connectivity index (χ4v) is 2.87. The molecule has 0 saturated heterocycles. The van der Waals surface area contributed by atoms with Crippen molar-refractivity contribution in [3.63, 3.8) is 0 Å². The molecular formula is C19H26N4O5.